The van der Waals surface area contributed by atoms with Crippen LogP contribution in [-0.2, 0) is 20.0 Å². The fourth-order valence-electron chi connectivity index (χ4n) is 2.03. The van der Waals surface area contributed by atoms with Gasteiger partial charge in [-0.1, -0.05) is 13.0 Å². The average Bonchev–Trinajstić information content (AvgIpc) is 2.78. The highest BCUT2D eigenvalue weighted by Gasteiger charge is 2.13. The van der Waals surface area contributed by atoms with Crippen molar-refractivity contribution in [2.24, 2.45) is 12.8 Å². The van der Waals surface area contributed by atoms with Crippen LogP contribution in [0.2, 0.25) is 0 Å². The highest BCUT2D eigenvalue weighted by Crippen LogP contribution is 2.30. The third-order valence-corrected chi connectivity index (χ3v) is 3.21. The van der Waals surface area contributed by atoms with Gasteiger partial charge < -0.3 is 15.0 Å². The molecule has 0 unspecified atom stereocenters. The lowest BCUT2D eigenvalue weighted by Gasteiger charge is -2.11. The maximum Gasteiger partial charge on any atom is 0.143 e. The molecule has 0 fully saturated rings. The Morgan fingerprint density at radius 1 is 1.39 bits per heavy atom. The van der Waals surface area contributed by atoms with Gasteiger partial charge in [-0.05, 0) is 24.1 Å². The lowest BCUT2D eigenvalue weighted by molar-refractivity contribution is 0.416. The van der Waals surface area contributed by atoms with Gasteiger partial charge in [-0.25, -0.2) is 4.98 Å². The predicted molar refractivity (Wildman–Crippen MR) is 72.5 cm³/mol. The van der Waals surface area contributed by atoms with Crippen molar-refractivity contribution < 1.29 is 4.74 Å². The van der Waals surface area contributed by atoms with E-state index in [1.165, 1.54) is 5.56 Å². The second-order valence-corrected chi connectivity index (χ2v) is 4.22. The fourth-order valence-corrected chi connectivity index (χ4v) is 2.03. The second kappa shape index (κ2) is 5.23. The topological polar surface area (TPSA) is 53.1 Å². The summed E-state index contributed by atoms with van der Waals surface area (Å²) in [5, 5.41) is 0. The number of ether oxygens (including phenoxy) is 1. The van der Waals surface area contributed by atoms with E-state index in [4.69, 9.17) is 10.5 Å². The Labute approximate surface area is 107 Å². The van der Waals surface area contributed by atoms with Crippen molar-refractivity contribution in [1.82, 2.24) is 9.55 Å². The van der Waals surface area contributed by atoms with E-state index in [0.29, 0.717) is 6.54 Å². The molecular weight excluding hydrogens is 226 g/mol. The smallest absolute Gasteiger partial charge is 0.143 e. The number of nitrogens with two attached hydrogens (primary N) is 1. The van der Waals surface area contributed by atoms with Crippen LogP contribution in [0.5, 0.6) is 5.75 Å². The molecule has 0 aliphatic rings. The number of hydrogen-bond acceptors (Lipinski definition) is 3. The fraction of sp³-hybridized carbons (Fsp3) is 0.357. The number of hydrogen-bond donors (Lipinski definition) is 1. The van der Waals surface area contributed by atoms with E-state index >= 15 is 0 Å². The molecule has 2 aromatic rings. The quantitative estimate of drug-likeness (QED) is 0.897. The number of aryl methyl sites for hydroxylation is 1. The van der Waals surface area contributed by atoms with Crippen LogP contribution in [0.25, 0.3) is 11.4 Å². The molecule has 2 rings (SSSR count). The Morgan fingerprint density at radius 3 is 2.72 bits per heavy atom. The van der Waals surface area contributed by atoms with Crippen molar-refractivity contribution in [3.05, 3.63) is 35.7 Å². The molecule has 4 nitrogen and oxygen atoms in total. The molecule has 0 saturated heterocycles. The SMILES string of the molecule is CCc1ccc(OC)c(-c2ncc(CN)n2C)c1. The standard InChI is InChI=1S/C14H19N3O/c1-4-10-5-6-13(18-3)12(7-10)14-16-9-11(8-15)17(14)2/h5-7,9H,4,8,15H2,1-3H3. The first-order valence-corrected chi connectivity index (χ1v) is 6.09. The van der Waals surface area contributed by atoms with Gasteiger partial charge in [-0.15, -0.1) is 0 Å². The zero-order valence-electron chi connectivity index (χ0n) is 11.1. The van der Waals surface area contributed by atoms with E-state index in [9.17, 15) is 0 Å². The minimum Gasteiger partial charge on any atom is -0.496 e. The zero-order chi connectivity index (χ0) is 13.1. The number of imidazole rings is 1. The van der Waals surface area contributed by atoms with Gasteiger partial charge in [0.25, 0.3) is 0 Å². The number of nitrogens with zero attached hydrogens (tertiary/aromatic N) is 2. The molecule has 0 amide bonds. The van der Waals surface area contributed by atoms with E-state index in [1.807, 2.05) is 23.9 Å². The molecule has 0 atom stereocenters. The van der Waals surface area contributed by atoms with Crippen LogP contribution >= 0.6 is 0 Å². The van der Waals surface area contributed by atoms with Crippen LogP contribution < -0.4 is 10.5 Å². The number of benzene rings is 1. The molecule has 0 aliphatic heterocycles. The van der Waals surface area contributed by atoms with Crippen molar-refractivity contribution in [3.63, 3.8) is 0 Å². The molecule has 0 aliphatic carbocycles. The summed E-state index contributed by atoms with van der Waals surface area (Å²) in [5.74, 6) is 1.73. The minimum atomic E-state index is 0.485. The average molecular weight is 245 g/mol. The van der Waals surface area contributed by atoms with E-state index < -0.39 is 0 Å². The first-order chi connectivity index (χ1) is 8.71. The zero-order valence-corrected chi connectivity index (χ0v) is 11.1. The van der Waals surface area contributed by atoms with Gasteiger partial charge in [-0.3, -0.25) is 0 Å². The lowest BCUT2D eigenvalue weighted by Crippen LogP contribution is -2.04. The Bertz CT molecular complexity index is 546. The monoisotopic (exact) mass is 245 g/mol. The van der Waals surface area contributed by atoms with Gasteiger partial charge in [-0.2, -0.15) is 0 Å². The highest BCUT2D eigenvalue weighted by molar-refractivity contribution is 5.66. The van der Waals surface area contributed by atoms with Gasteiger partial charge in [0.1, 0.15) is 11.6 Å². The van der Waals surface area contributed by atoms with Crippen molar-refractivity contribution >= 4 is 0 Å². The second-order valence-electron chi connectivity index (χ2n) is 4.22. The molecule has 0 spiro atoms. The summed E-state index contributed by atoms with van der Waals surface area (Å²) < 4.78 is 7.42. The minimum absolute atomic E-state index is 0.485. The van der Waals surface area contributed by atoms with Crippen LogP contribution in [0, 0.1) is 0 Å². The molecule has 4 heteroatoms. The van der Waals surface area contributed by atoms with Gasteiger partial charge in [0, 0.05) is 13.6 Å². The Morgan fingerprint density at radius 2 is 2.17 bits per heavy atom. The lowest BCUT2D eigenvalue weighted by atomic mass is 10.1. The third kappa shape index (κ3) is 2.11. The molecule has 1 heterocycles. The van der Waals surface area contributed by atoms with E-state index in [1.54, 1.807) is 7.11 Å². The molecule has 96 valence electrons. The summed E-state index contributed by atoms with van der Waals surface area (Å²) in [5.41, 5.74) is 8.96. The summed E-state index contributed by atoms with van der Waals surface area (Å²) in [7, 11) is 3.65. The van der Waals surface area contributed by atoms with Crippen LogP contribution in [-0.4, -0.2) is 16.7 Å². The van der Waals surface area contributed by atoms with Crippen molar-refractivity contribution in [1.29, 1.82) is 0 Å². The summed E-state index contributed by atoms with van der Waals surface area (Å²) in [6.07, 6.45) is 2.80. The van der Waals surface area contributed by atoms with Crippen LogP contribution in [0.1, 0.15) is 18.2 Å². The molecule has 0 saturated carbocycles. The molecule has 0 radical (unpaired) electrons. The summed E-state index contributed by atoms with van der Waals surface area (Å²) in [6.45, 7) is 2.62. The first kappa shape index (κ1) is 12.6. The van der Waals surface area contributed by atoms with Crippen molar-refractivity contribution in [3.8, 4) is 17.1 Å². The maximum atomic E-state index is 5.68. The number of aromatic nitrogens is 2. The maximum absolute atomic E-state index is 5.68. The third-order valence-electron chi connectivity index (χ3n) is 3.21. The molecule has 0 bridgehead atoms. The molecule has 18 heavy (non-hydrogen) atoms. The van der Waals surface area contributed by atoms with E-state index in [-0.39, 0.29) is 0 Å². The van der Waals surface area contributed by atoms with Crippen molar-refractivity contribution in [2.75, 3.05) is 7.11 Å². The molecule has 1 aromatic carbocycles. The normalized spacial score (nSPS) is 10.7. The van der Waals surface area contributed by atoms with E-state index in [2.05, 4.69) is 24.0 Å². The van der Waals surface area contributed by atoms with Gasteiger partial charge in [0.2, 0.25) is 0 Å². The molecule has 1 aromatic heterocycles. The Balaban J connectivity index is 2.57. The summed E-state index contributed by atoms with van der Waals surface area (Å²) in [4.78, 5) is 4.44. The summed E-state index contributed by atoms with van der Waals surface area (Å²) >= 11 is 0. The van der Waals surface area contributed by atoms with Gasteiger partial charge >= 0.3 is 0 Å². The summed E-state index contributed by atoms with van der Waals surface area (Å²) in [6, 6.07) is 6.20. The predicted octanol–water partition coefficient (Wildman–Crippen LogP) is 2.12. The Hall–Kier alpha value is -1.81. The van der Waals surface area contributed by atoms with Gasteiger partial charge in [0.05, 0.1) is 24.6 Å². The molecule has 2 N–H and O–H groups in total. The van der Waals surface area contributed by atoms with Crippen LogP contribution in [0.3, 0.4) is 0 Å². The largest absolute Gasteiger partial charge is 0.496 e. The van der Waals surface area contributed by atoms with Gasteiger partial charge in [0.15, 0.2) is 0 Å². The molecular formula is C14H19N3O. The number of methoxy groups -OCH3 is 1. The van der Waals surface area contributed by atoms with Crippen LogP contribution in [0.15, 0.2) is 24.4 Å². The number of rotatable bonds is 4. The first-order valence-electron chi connectivity index (χ1n) is 6.09. The van der Waals surface area contributed by atoms with Crippen molar-refractivity contribution in [2.45, 2.75) is 19.9 Å². The Kier molecular flexibility index (Phi) is 3.67. The highest BCUT2D eigenvalue weighted by atomic mass is 16.5. The van der Waals surface area contributed by atoms with Crippen LogP contribution in [0.4, 0.5) is 0 Å². The van der Waals surface area contributed by atoms with E-state index in [0.717, 1.165) is 29.3 Å².